The number of amides is 2. The number of pyridine rings is 1. The number of aryl methyl sites for hydroxylation is 1. The van der Waals surface area contributed by atoms with Crippen LogP contribution in [-0.4, -0.2) is 23.3 Å². The molecule has 1 aromatic heterocycles. The van der Waals surface area contributed by atoms with E-state index in [-0.39, 0.29) is 24.8 Å². The second kappa shape index (κ2) is 7.57. The Labute approximate surface area is 146 Å². The Morgan fingerprint density at radius 3 is 2.56 bits per heavy atom. The maximum absolute atomic E-state index is 12.2. The lowest BCUT2D eigenvalue weighted by Crippen LogP contribution is -2.27. The average molecular weight is 333 g/mol. The van der Waals surface area contributed by atoms with Crippen LogP contribution < -0.4 is 10.6 Å². The van der Waals surface area contributed by atoms with Gasteiger partial charge < -0.3 is 10.6 Å². The SMILES string of the molecule is Cc1ccc(NC(=O)CCNC(=O)c2ccc3ccccc3c2)nc1. The Kier molecular flexibility index (Phi) is 5.04. The number of hydrogen-bond acceptors (Lipinski definition) is 3. The van der Waals surface area contributed by atoms with Crippen LogP contribution in [0.2, 0.25) is 0 Å². The van der Waals surface area contributed by atoms with Crippen molar-refractivity contribution >= 4 is 28.4 Å². The van der Waals surface area contributed by atoms with E-state index in [0.717, 1.165) is 16.3 Å². The van der Waals surface area contributed by atoms with E-state index in [1.165, 1.54) is 0 Å². The van der Waals surface area contributed by atoms with Gasteiger partial charge in [-0.3, -0.25) is 9.59 Å². The third kappa shape index (κ3) is 4.41. The van der Waals surface area contributed by atoms with Gasteiger partial charge in [-0.2, -0.15) is 0 Å². The molecule has 0 bridgehead atoms. The fourth-order valence-electron chi connectivity index (χ4n) is 2.47. The zero-order valence-electron chi connectivity index (χ0n) is 14.0. The smallest absolute Gasteiger partial charge is 0.251 e. The topological polar surface area (TPSA) is 71.1 Å². The van der Waals surface area contributed by atoms with E-state index in [1.807, 2.05) is 49.4 Å². The summed E-state index contributed by atoms with van der Waals surface area (Å²) in [5.74, 6) is 0.138. The van der Waals surface area contributed by atoms with Crippen LogP contribution in [0.15, 0.2) is 60.8 Å². The number of aromatic nitrogens is 1. The lowest BCUT2D eigenvalue weighted by atomic mass is 10.1. The minimum atomic E-state index is -0.188. The Balaban J connectivity index is 1.51. The summed E-state index contributed by atoms with van der Waals surface area (Å²) in [4.78, 5) is 28.2. The van der Waals surface area contributed by atoms with Crippen LogP contribution in [0.5, 0.6) is 0 Å². The quantitative estimate of drug-likeness (QED) is 0.752. The van der Waals surface area contributed by atoms with Gasteiger partial charge in [0.2, 0.25) is 5.91 Å². The maximum Gasteiger partial charge on any atom is 0.251 e. The van der Waals surface area contributed by atoms with Gasteiger partial charge in [0.05, 0.1) is 0 Å². The van der Waals surface area contributed by atoms with Gasteiger partial charge in [0.15, 0.2) is 0 Å². The van der Waals surface area contributed by atoms with E-state index in [4.69, 9.17) is 0 Å². The molecule has 3 aromatic rings. The first kappa shape index (κ1) is 16.6. The van der Waals surface area contributed by atoms with Gasteiger partial charge in [-0.15, -0.1) is 0 Å². The van der Waals surface area contributed by atoms with E-state index in [1.54, 1.807) is 18.3 Å². The molecule has 5 nitrogen and oxygen atoms in total. The summed E-state index contributed by atoms with van der Waals surface area (Å²) in [5.41, 5.74) is 1.61. The van der Waals surface area contributed by atoms with E-state index in [2.05, 4.69) is 15.6 Å². The van der Waals surface area contributed by atoms with Crippen LogP contribution >= 0.6 is 0 Å². The van der Waals surface area contributed by atoms with Crippen molar-refractivity contribution in [1.82, 2.24) is 10.3 Å². The highest BCUT2D eigenvalue weighted by molar-refractivity contribution is 5.99. The van der Waals surface area contributed by atoms with Crippen molar-refractivity contribution in [3.05, 3.63) is 71.9 Å². The van der Waals surface area contributed by atoms with Gasteiger partial charge in [-0.25, -0.2) is 4.98 Å². The van der Waals surface area contributed by atoms with Crippen molar-refractivity contribution in [1.29, 1.82) is 0 Å². The lowest BCUT2D eigenvalue weighted by Gasteiger charge is -2.07. The van der Waals surface area contributed by atoms with Gasteiger partial charge in [0, 0.05) is 24.7 Å². The highest BCUT2D eigenvalue weighted by atomic mass is 16.2. The molecule has 3 rings (SSSR count). The number of carbonyl (C=O) groups excluding carboxylic acids is 2. The standard InChI is InChI=1S/C20H19N3O2/c1-14-6-9-18(22-13-14)23-19(24)10-11-21-20(25)17-8-7-15-4-2-3-5-16(15)12-17/h2-9,12-13H,10-11H2,1H3,(H,21,25)(H,22,23,24). The molecule has 0 spiro atoms. The fraction of sp³-hybridized carbons (Fsp3) is 0.150. The largest absolute Gasteiger partial charge is 0.352 e. The van der Waals surface area contributed by atoms with Crippen LogP contribution in [0, 0.1) is 6.92 Å². The second-order valence-electron chi connectivity index (χ2n) is 5.84. The van der Waals surface area contributed by atoms with Gasteiger partial charge in [0.1, 0.15) is 5.82 Å². The first-order valence-corrected chi connectivity index (χ1v) is 8.11. The Bertz CT molecular complexity index is 904. The molecule has 0 saturated heterocycles. The number of hydrogen-bond donors (Lipinski definition) is 2. The van der Waals surface area contributed by atoms with Gasteiger partial charge in [-0.1, -0.05) is 36.4 Å². The van der Waals surface area contributed by atoms with E-state index < -0.39 is 0 Å². The summed E-state index contributed by atoms with van der Waals surface area (Å²) in [6.07, 6.45) is 1.88. The number of anilines is 1. The molecule has 0 radical (unpaired) electrons. The Morgan fingerprint density at radius 1 is 1.00 bits per heavy atom. The van der Waals surface area contributed by atoms with Crippen molar-refractivity contribution in [2.24, 2.45) is 0 Å². The molecule has 2 aromatic carbocycles. The molecular formula is C20H19N3O2. The van der Waals surface area contributed by atoms with Crippen LogP contribution in [-0.2, 0) is 4.79 Å². The van der Waals surface area contributed by atoms with E-state index >= 15 is 0 Å². The number of rotatable bonds is 5. The Morgan fingerprint density at radius 2 is 1.80 bits per heavy atom. The molecule has 0 fully saturated rings. The minimum Gasteiger partial charge on any atom is -0.352 e. The number of carbonyl (C=O) groups is 2. The summed E-state index contributed by atoms with van der Waals surface area (Å²) in [6, 6.07) is 17.0. The average Bonchev–Trinajstić information content (AvgIpc) is 2.63. The van der Waals surface area contributed by atoms with Crippen LogP contribution in [0.1, 0.15) is 22.3 Å². The number of nitrogens with zero attached hydrogens (tertiary/aromatic N) is 1. The van der Waals surface area contributed by atoms with E-state index in [9.17, 15) is 9.59 Å². The predicted octanol–water partition coefficient (Wildman–Crippen LogP) is 3.30. The summed E-state index contributed by atoms with van der Waals surface area (Å²) in [6.45, 7) is 2.20. The zero-order valence-corrected chi connectivity index (χ0v) is 14.0. The van der Waals surface area contributed by atoms with E-state index in [0.29, 0.717) is 11.4 Å². The van der Waals surface area contributed by atoms with Crippen LogP contribution in [0.4, 0.5) is 5.82 Å². The molecule has 0 aliphatic carbocycles. The summed E-state index contributed by atoms with van der Waals surface area (Å²) < 4.78 is 0. The number of nitrogens with one attached hydrogen (secondary N) is 2. The molecule has 0 atom stereocenters. The summed E-state index contributed by atoms with van der Waals surface area (Å²) >= 11 is 0. The van der Waals surface area contributed by atoms with Gasteiger partial charge in [-0.05, 0) is 41.5 Å². The van der Waals surface area contributed by atoms with Gasteiger partial charge >= 0.3 is 0 Å². The third-order valence-corrected chi connectivity index (χ3v) is 3.83. The van der Waals surface area contributed by atoms with Crippen LogP contribution in [0.25, 0.3) is 10.8 Å². The van der Waals surface area contributed by atoms with Crippen LogP contribution in [0.3, 0.4) is 0 Å². The molecule has 25 heavy (non-hydrogen) atoms. The predicted molar refractivity (Wildman–Crippen MR) is 98.5 cm³/mol. The summed E-state index contributed by atoms with van der Waals surface area (Å²) in [5, 5.41) is 7.57. The number of benzene rings is 2. The molecular weight excluding hydrogens is 314 g/mol. The normalized spacial score (nSPS) is 10.4. The van der Waals surface area contributed by atoms with Crippen molar-refractivity contribution in [2.45, 2.75) is 13.3 Å². The molecule has 0 unspecified atom stereocenters. The molecule has 0 saturated carbocycles. The van der Waals surface area contributed by atoms with Crippen molar-refractivity contribution in [3.8, 4) is 0 Å². The maximum atomic E-state index is 12.2. The first-order valence-electron chi connectivity index (χ1n) is 8.11. The summed E-state index contributed by atoms with van der Waals surface area (Å²) in [7, 11) is 0. The monoisotopic (exact) mass is 333 g/mol. The third-order valence-electron chi connectivity index (χ3n) is 3.83. The van der Waals surface area contributed by atoms with Crippen molar-refractivity contribution < 1.29 is 9.59 Å². The molecule has 1 heterocycles. The molecule has 0 aliphatic rings. The lowest BCUT2D eigenvalue weighted by molar-refractivity contribution is -0.116. The number of fused-ring (bicyclic) bond motifs is 1. The Hall–Kier alpha value is -3.21. The molecule has 2 amide bonds. The fourth-order valence-corrected chi connectivity index (χ4v) is 2.47. The highest BCUT2D eigenvalue weighted by Gasteiger charge is 2.08. The zero-order chi connectivity index (χ0) is 17.6. The highest BCUT2D eigenvalue weighted by Crippen LogP contribution is 2.15. The molecule has 5 heteroatoms. The molecule has 126 valence electrons. The van der Waals surface area contributed by atoms with Gasteiger partial charge in [0.25, 0.3) is 5.91 Å². The minimum absolute atomic E-state index is 0.185. The van der Waals surface area contributed by atoms with Crippen molar-refractivity contribution in [2.75, 3.05) is 11.9 Å². The first-order chi connectivity index (χ1) is 12.1. The second-order valence-corrected chi connectivity index (χ2v) is 5.84. The van der Waals surface area contributed by atoms with Crippen molar-refractivity contribution in [3.63, 3.8) is 0 Å². The molecule has 2 N–H and O–H groups in total. The molecule has 0 aliphatic heterocycles.